The normalized spacial score (nSPS) is 10.9. The second kappa shape index (κ2) is 8.78. The standard InChI is InChI=1S/C19H18Cl2O2/c1-2-4-16-11-14(5-3-10-22)7-9-19(16)23-13-15-6-8-17(20)18(21)12-15/h2-3,5-9,11-12,22H,1,4,10,13H2/b5-3+. The third kappa shape index (κ3) is 5.14. The van der Waals surface area contributed by atoms with Gasteiger partial charge in [-0.15, -0.1) is 6.58 Å². The van der Waals surface area contributed by atoms with Crippen molar-refractivity contribution < 1.29 is 9.84 Å². The van der Waals surface area contributed by atoms with E-state index in [0.29, 0.717) is 23.1 Å². The fraction of sp³-hybridized carbons (Fsp3) is 0.158. The zero-order valence-electron chi connectivity index (χ0n) is 12.6. The molecule has 0 heterocycles. The molecule has 0 saturated heterocycles. The zero-order valence-corrected chi connectivity index (χ0v) is 14.1. The van der Waals surface area contributed by atoms with Gasteiger partial charge in [-0.1, -0.05) is 53.6 Å². The van der Waals surface area contributed by atoms with Crippen LogP contribution in [0.15, 0.2) is 55.1 Å². The first-order valence-corrected chi connectivity index (χ1v) is 7.97. The van der Waals surface area contributed by atoms with Crippen LogP contribution in [0.3, 0.4) is 0 Å². The molecule has 0 unspecified atom stereocenters. The maximum atomic E-state index is 8.86. The molecular weight excluding hydrogens is 331 g/mol. The van der Waals surface area contributed by atoms with E-state index in [2.05, 4.69) is 6.58 Å². The first-order chi connectivity index (χ1) is 11.1. The van der Waals surface area contributed by atoms with Gasteiger partial charge >= 0.3 is 0 Å². The molecule has 0 aliphatic carbocycles. The van der Waals surface area contributed by atoms with Crippen LogP contribution in [0.25, 0.3) is 6.08 Å². The second-order valence-corrected chi connectivity index (χ2v) is 5.80. The maximum absolute atomic E-state index is 8.86. The van der Waals surface area contributed by atoms with Gasteiger partial charge in [-0.3, -0.25) is 0 Å². The molecule has 0 radical (unpaired) electrons. The molecule has 0 aromatic heterocycles. The third-order valence-corrected chi connectivity index (χ3v) is 3.98. The van der Waals surface area contributed by atoms with Gasteiger partial charge in [0.25, 0.3) is 0 Å². The van der Waals surface area contributed by atoms with Crippen molar-refractivity contribution in [1.82, 2.24) is 0 Å². The summed E-state index contributed by atoms with van der Waals surface area (Å²) in [6, 6.07) is 11.3. The Morgan fingerprint density at radius 2 is 1.91 bits per heavy atom. The first kappa shape index (κ1) is 17.6. The van der Waals surface area contributed by atoms with Crippen molar-refractivity contribution >= 4 is 29.3 Å². The largest absolute Gasteiger partial charge is 0.489 e. The Hall–Kier alpha value is -1.74. The molecule has 0 aliphatic heterocycles. The van der Waals surface area contributed by atoms with Crippen molar-refractivity contribution in [1.29, 1.82) is 0 Å². The van der Waals surface area contributed by atoms with Crippen molar-refractivity contribution in [3.63, 3.8) is 0 Å². The van der Waals surface area contributed by atoms with E-state index < -0.39 is 0 Å². The molecule has 4 heteroatoms. The molecular formula is C19H18Cl2O2. The Balaban J connectivity index is 2.15. The van der Waals surface area contributed by atoms with Crippen LogP contribution in [0, 0.1) is 0 Å². The number of aliphatic hydroxyl groups is 1. The lowest BCUT2D eigenvalue weighted by molar-refractivity contribution is 0.303. The van der Waals surface area contributed by atoms with Crippen molar-refractivity contribution in [3.8, 4) is 5.75 Å². The lowest BCUT2D eigenvalue weighted by Gasteiger charge is -2.12. The highest BCUT2D eigenvalue weighted by Gasteiger charge is 2.05. The van der Waals surface area contributed by atoms with Crippen LogP contribution in [-0.4, -0.2) is 11.7 Å². The molecule has 120 valence electrons. The van der Waals surface area contributed by atoms with Crippen LogP contribution in [0.2, 0.25) is 10.0 Å². The van der Waals surface area contributed by atoms with Crippen molar-refractivity contribution in [3.05, 3.63) is 81.9 Å². The van der Waals surface area contributed by atoms with Crippen molar-refractivity contribution in [2.24, 2.45) is 0 Å². The molecule has 2 aromatic carbocycles. The van der Waals surface area contributed by atoms with Crippen LogP contribution in [0.5, 0.6) is 5.75 Å². The number of allylic oxidation sites excluding steroid dienone is 1. The van der Waals surface area contributed by atoms with Crippen LogP contribution in [0.1, 0.15) is 16.7 Å². The summed E-state index contributed by atoms with van der Waals surface area (Å²) in [5.41, 5.74) is 3.01. The number of aliphatic hydroxyl groups excluding tert-OH is 1. The Morgan fingerprint density at radius 3 is 2.61 bits per heavy atom. The van der Waals surface area contributed by atoms with Gasteiger partial charge < -0.3 is 9.84 Å². The monoisotopic (exact) mass is 348 g/mol. The van der Waals surface area contributed by atoms with Crippen LogP contribution in [-0.2, 0) is 13.0 Å². The lowest BCUT2D eigenvalue weighted by atomic mass is 10.1. The predicted octanol–water partition coefficient (Wildman–Crippen LogP) is 5.31. The summed E-state index contributed by atoms with van der Waals surface area (Å²) >= 11 is 11.9. The number of hydrogen-bond acceptors (Lipinski definition) is 2. The molecule has 0 aliphatic rings. The molecule has 0 fully saturated rings. The van der Waals surface area contributed by atoms with Crippen LogP contribution in [0.4, 0.5) is 0 Å². The Bertz CT molecular complexity index is 709. The second-order valence-electron chi connectivity index (χ2n) is 4.98. The van der Waals surface area contributed by atoms with Crippen LogP contribution < -0.4 is 4.74 Å². The summed E-state index contributed by atoms with van der Waals surface area (Å²) in [6.45, 7) is 4.21. The molecule has 2 rings (SSSR count). The molecule has 0 saturated carbocycles. The van der Waals surface area contributed by atoms with E-state index in [1.807, 2.05) is 36.4 Å². The maximum Gasteiger partial charge on any atom is 0.123 e. The summed E-state index contributed by atoms with van der Waals surface area (Å²) in [7, 11) is 0. The Morgan fingerprint density at radius 1 is 1.09 bits per heavy atom. The van der Waals surface area contributed by atoms with Gasteiger partial charge in [-0.2, -0.15) is 0 Å². The zero-order chi connectivity index (χ0) is 16.7. The van der Waals surface area contributed by atoms with Gasteiger partial charge in [0.05, 0.1) is 16.7 Å². The van der Waals surface area contributed by atoms with Gasteiger partial charge in [0.2, 0.25) is 0 Å². The van der Waals surface area contributed by atoms with Gasteiger partial charge in [0, 0.05) is 0 Å². The van der Waals surface area contributed by atoms with E-state index in [4.69, 9.17) is 33.0 Å². The summed E-state index contributed by atoms with van der Waals surface area (Å²) < 4.78 is 5.91. The summed E-state index contributed by atoms with van der Waals surface area (Å²) in [5.74, 6) is 0.803. The lowest BCUT2D eigenvalue weighted by Crippen LogP contribution is -1.99. The third-order valence-electron chi connectivity index (χ3n) is 3.24. The van der Waals surface area contributed by atoms with E-state index in [1.54, 1.807) is 18.2 Å². The van der Waals surface area contributed by atoms with Gasteiger partial charge in [0.1, 0.15) is 12.4 Å². The number of rotatable bonds is 7. The number of hydrogen-bond donors (Lipinski definition) is 1. The topological polar surface area (TPSA) is 29.5 Å². The van der Waals surface area contributed by atoms with Gasteiger partial charge in [-0.25, -0.2) is 0 Å². The smallest absolute Gasteiger partial charge is 0.123 e. The molecule has 1 N–H and O–H groups in total. The quantitative estimate of drug-likeness (QED) is 0.687. The minimum atomic E-state index is 0.0202. The average molecular weight is 349 g/mol. The summed E-state index contributed by atoms with van der Waals surface area (Å²) in [4.78, 5) is 0. The minimum absolute atomic E-state index is 0.0202. The number of halogens is 2. The SMILES string of the molecule is C=CCc1cc(/C=C/CO)ccc1OCc1ccc(Cl)c(Cl)c1. The van der Waals surface area contributed by atoms with E-state index >= 15 is 0 Å². The highest BCUT2D eigenvalue weighted by molar-refractivity contribution is 6.42. The van der Waals surface area contributed by atoms with Crippen LogP contribution >= 0.6 is 23.2 Å². The summed E-state index contributed by atoms with van der Waals surface area (Å²) in [5, 5.41) is 9.91. The fourth-order valence-corrected chi connectivity index (χ4v) is 2.46. The Kier molecular flexibility index (Phi) is 6.72. The fourth-order valence-electron chi connectivity index (χ4n) is 2.14. The van der Waals surface area contributed by atoms with E-state index in [-0.39, 0.29) is 6.61 Å². The van der Waals surface area contributed by atoms with E-state index in [0.717, 1.165) is 22.4 Å². The minimum Gasteiger partial charge on any atom is -0.489 e. The first-order valence-electron chi connectivity index (χ1n) is 7.22. The molecule has 0 bridgehead atoms. The van der Waals surface area contributed by atoms with Crippen molar-refractivity contribution in [2.75, 3.05) is 6.61 Å². The molecule has 0 atom stereocenters. The van der Waals surface area contributed by atoms with Crippen molar-refractivity contribution in [2.45, 2.75) is 13.0 Å². The average Bonchev–Trinajstić information content (AvgIpc) is 2.55. The number of ether oxygens (including phenoxy) is 1. The molecule has 2 aromatic rings. The molecule has 0 amide bonds. The number of benzene rings is 2. The molecule has 23 heavy (non-hydrogen) atoms. The van der Waals surface area contributed by atoms with Gasteiger partial charge in [0.15, 0.2) is 0 Å². The Labute approximate surface area is 146 Å². The summed E-state index contributed by atoms with van der Waals surface area (Å²) in [6.07, 6.45) is 6.11. The highest BCUT2D eigenvalue weighted by atomic mass is 35.5. The van der Waals surface area contributed by atoms with Gasteiger partial charge in [-0.05, 0) is 47.4 Å². The molecule has 2 nitrogen and oxygen atoms in total. The predicted molar refractivity (Wildman–Crippen MR) is 97.3 cm³/mol. The highest BCUT2D eigenvalue weighted by Crippen LogP contribution is 2.26. The van der Waals surface area contributed by atoms with E-state index in [1.165, 1.54) is 0 Å². The molecule has 0 spiro atoms. The van der Waals surface area contributed by atoms with E-state index in [9.17, 15) is 0 Å².